The van der Waals surface area contributed by atoms with E-state index in [-0.39, 0.29) is 16.7 Å². The third-order valence-corrected chi connectivity index (χ3v) is 4.26. The summed E-state index contributed by atoms with van der Waals surface area (Å²) in [4.78, 5) is 20.8. The van der Waals surface area contributed by atoms with Crippen LogP contribution in [0, 0.1) is 18.3 Å². The number of amides is 1. The first kappa shape index (κ1) is 21.3. The van der Waals surface area contributed by atoms with Crippen molar-refractivity contribution in [3.05, 3.63) is 69.9 Å². The van der Waals surface area contributed by atoms with Crippen molar-refractivity contribution < 1.29 is 18.0 Å². The van der Waals surface area contributed by atoms with E-state index in [0.717, 1.165) is 12.1 Å². The van der Waals surface area contributed by atoms with Gasteiger partial charge in [-0.25, -0.2) is 4.98 Å². The standard InChI is InChI=1S/C19H14ClF3N6O/c1-10-5-13(7-14(6-10)19(21,22)23)17(30)26-11(2)16-27-18(20)28-29(16)15-4-3-12(8-24)9-25-15/h3-7,9,11H,1-2H3,(H,26,30). The summed E-state index contributed by atoms with van der Waals surface area (Å²) in [5, 5.41) is 15.4. The van der Waals surface area contributed by atoms with Crippen molar-refractivity contribution in [3.8, 4) is 11.9 Å². The zero-order valence-electron chi connectivity index (χ0n) is 15.7. The molecule has 1 N–H and O–H groups in total. The Balaban J connectivity index is 1.88. The highest BCUT2D eigenvalue weighted by Crippen LogP contribution is 2.30. The van der Waals surface area contributed by atoms with E-state index in [2.05, 4.69) is 20.4 Å². The van der Waals surface area contributed by atoms with Crippen molar-refractivity contribution in [3.63, 3.8) is 0 Å². The fourth-order valence-electron chi connectivity index (χ4n) is 2.75. The molecule has 0 radical (unpaired) electrons. The average molecular weight is 435 g/mol. The second kappa shape index (κ2) is 8.12. The van der Waals surface area contributed by atoms with Crippen LogP contribution in [0.4, 0.5) is 13.2 Å². The molecule has 1 amide bonds. The van der Waals surface area contributed by atoms with Crippen molar-refractivity contribution >= 4 is 17.5 Å². The van der Waals surface area contributed by atoms with Crippen LogP contribution in [0.15, 0.2) is 36.5 Å². The van der Waals surface area contributed by atoms with Crippen molar-refractivity contribution in [2.24, 2.45) is 0 Å². The van der Waals surface area contributed by atoms with Crippen LogP contribution in [0.3, 0.4) is 0 Å². The van der Waals surface area contributed by atoms with Crippen LogP contribution >= 0.6 is 11.6 Å². The molecule has 2 aromatic heterocycles. The number of nitrogens with one attached hydrogen (secondary N) is 1. The minimum Gasteiger partial charge on any atom is -0.342 e. The van der Waals surface area contributed by atoms with Crippen molar-refractivity contribution in [1.82, 2.24) is 25.1 Å². The minimum atomic E-state index is -4.57. The summed E-state index contributed by atoms with van der Waals surface area (Å²) < 4.78 is 40.4. The van der Waals surface area contributed by atoms with E-state index in [1.165, 1.54) is 36.0 Å². The molecule has 0 spiro atoms. The Morgan fingerprint density at radius 2 is 2.03 bits per heavy atom. The van der Waals surface area contributed by atoms with Crippen LogP contribution in [-0.2, 0) is 6.18 Å². The van der Waals surface area contributed by atoms with E-state index >= 15 is 0 Å². The number of hydrogen-bond donors (Lipinski definition) is 1. The number of carbonyl (C=O) groups is 1. The van der Waals surface area contributed by atoms with Gasteiger partial charge in [0, 0.05) is 11.8 Å². The number of nitrogens with zero attached hydrogens (tertiary/aromatic N) is 5. The average Bonchev–Trinajstić information content (AvgIpc) is 3.08. The molecule has 1 aromatic carbocycles. The van der Waals surface area contributed by atoms with Gasteiger partial charge in [-0.05, 0) is 61.3 Å². The summed E-state index contributed by atoms with van der Waals surface area (Å²) in [5.41, 5.74) is -0.403. The molecule has 1 unspecified atom stereocenters. The number of aryl methyl sites for hydroxylation is 1. The lowest BCUT2D eigenvalue weighted by atomic mass is 10.1. The number of rotatable bonds is 4. The summed E-state index contributed by atoms with van der Waals surface area (Å²) in [6, 6.07) is 7.34. The molecule has 7 nitrogen and oxygen atoms in total. The second-order valence-electron chi connectivity index (χ2n) is 6.45. The Hall–Kier alpha value is -3.45. The highest BCUT2D eigenvalue weighted by molar-refractivity contribution is 6.28. The van der Waals surface area contributed by atoms with Gasteiger partial charge in [0.15, 0.2) is 11.6 Å². The Morgan fingerprint density at radius 1 is 1.30 bits per heavy atom. The van der Waals surface area contributed by atoms with E-state index in [1.54, 1.807) is 6.92 Å². The third kappa shape index (κ3) is 4.58. The first-order valence-electron chi connectivity index (χ1n) is 8.57. The van der Waals surface area contributed by atoms with Gasteiger partial charge in [-0.1, -0.05) is 0 Å². The van der Waals surface area contributed by atoms with Gasteiger partial charge in [-0.3, -0.25) is 4.79 Å². The number of halogens is 4. The van der Waals surface area contributed by atoms with Crippen LogP contribution < -0.4 is 5.32 Å². The normalized spacial score (nSPS) is 12.3. The Morgan fingerprint density at radius 3 is 2.63 bits per heavy atom. The van der Waals surface area contributed by atoms with Gasteiger partial charge < -0.3 is 5.32 Å². The zero-order chi connectivity index (χ0) is 22.1. The highest BCUT2D eigenvalue weighted by atomic mass is 35.5. The lowest BCUT2D eigenvalue weighted by molar-refractivity contribution is -0.137. The number of pyridine rings is 1. The lowest BCUT2D eigenvalue weighted by Crippen LogP contribution is -2.29. The van der Waals surface area contributed by atoms with E-state index in [1.807, 2.05) is 6.07 Å². The molecular formula is C19H14ClF3N6O. The summed E-state index contributed by atoms with van der Waals surface area (Å²) in [7, 11) is 0. The largest absolute Gasteiger partial charge is 0.416 e. The number of aromatic nitrogens is 4. The molecule has 2 heterocycles. The van der Waals surface area contributed by atoms with Gasteiger partial charge in [0.25, 0.3) is 5.91 Å². The van der Waals surface area contributed by atoms with Crippen molar-refractivity contribution in [1.29, 1.82) is 5.26 Å². The molecule has 30 heavy (non-hydrogen) atoms. The molecule has 0 saturated carbocycles. The van der Waals surface area contributed by atoms with Crippen LogP contribution in [0.5, 0.6) is 0 Å². The quantitative estimate of drug-likeness (QED) is 0.669. The number of benzene rings is 1. The van der Waals surface area contributed by atoms with E-state index in [0.29, 0.717) is 16.9 Å². The molecular weight excluding hydrogens is 421 g/mol. The third-order valence-electron chi connectivity index (χ3n) is 4.10. The zero-order valence-corrected chi connectivity index (χ0v) is 16.5. The molecule has 0 fully saturated rings. The maximum atomic E-state index is 13.0. The molecule has 0 saturated heterocycles. The Kier molecular flexibility index (Phi) is 5.75. The monoisotopic (exact) mass is 434 g/mol. The van der Waals surface area contributed by atoms with Crippen LogP contribution in [-0.4, -0.2) is 25.7 Å². The Bertz CT molecular complexity index is 1130. The first-order valence-corrected chi connectivity index (χ1v) is 8.95. The van der Waals surface area contributed by atoms with Crippen LogP contribution in [0.1, 0.15) is 45.8 Å². The Labute approximate surface area is 174 Å². The number of hydrogen-bond acceptors (Lipinski definition) is 5. The molecule has 3 rings (SSSR count). The summed E-state index contributed by atoms with van der Waals surface area (Å²) in [6.07, 6.45) is -3.23. The minimum absolute atomic E-state index is 0.104. The predicted molar refractivity (Wildman–Crippen MR) is 101 cm³/mol. The maximum Gasteiger partial charge on any atom is 0.416 e. The smallest absolute Gasteiger partial charge is 0.342 e. The first-order chi connectivity index (χ1) is 14.1. The van der Waals surface area contributed by atoms with Crippen LogP contribution in [0.25, 0.3) is 5.82 Å². The lowest BCUT2D eigenvalue weighted by Gasteiger charge is -2.15. The highest BCUT2D eigenvalue weighted by Gasteiger charge is 2.31. The SMILES string of the molecule is Cc1cc(C(=O)NC(C)c2nc(Cl)nn2-c2ccc(C#N)cn2)cc(C(F)(F)F)c1. The maximum absolute atomic E-state index is 13.0. The van der Waals surface area contributed by atoms with Crippen LogP contribution in [0.2, 0.25) is 5.28 Å². The molecule has 1 atom stereocenters. The van der Waals surface area contributed by atoms with Gasteiger partial charge in [0.05, 0.1) is 17.2 Å². The van der Waals surface area contributed by atoms with E-state index in [4.69, 9.17) is 16.9 Å². The number of nitriles is 1. The van der Waals surface area contributed by atoms with E-state index in [9.17, 15) is 18.0 Å². The van der Waals surface area contributed by atoms with Gasteiger partial charge >= 0.3 is 6.18 Å². The fourth-order valence-corrected chi connectivity index (χ4v) is 2.91. The molecule has 0 aliphatic heterocycles. The molecule has 0 aliphatic carbocycles. The van der Waals surface area contributed by atoms with Gasteiger partial charge in [-0.2, -0.15) is 28.1 Å². The number of carbonyl (C=O) groups excluding carboxylic acids is 1. The summed E-state index contributed by atoms with van der Waals surface area (Å²) in [5.74, 6) is -0.191. The predicted octanol–water partition coefficient (Wildman–Crippen LogP) is 4.01. The summed E-state index contributed by atoms with van der Waals surface area (Å²) >= 11 is 5.90. The van der Waals surface area contributed by atoms with Crippen molar-refractivity contribution in [2.75, 3.05) is 0 Å². The fraction of sp³-hybridized carbons (Fsp3) is 0.211. The summed E-state index contributed by atoms with van der Waals surface area (Å²) in [6.45, 7) is 3.06. The molecule has 3 aromatic rings. The molecule has 11 heteroatoms. The van der Waals surface area contributed by atoms with Gasteiger partial charge in [-0.15, -0.1) is 5.10 Å². The van der Waals surface area contributed by atoms with Gasteiger partial charge in [0.1, 0.15) is 6.07 Å². The molecule has 154 valence electrons. The van der Waals surface area contributed by atoms with E-state index < -0.39 is 23.7 Å². The van der Waals surface area contributed by atoms with Crippen molar-refractivity contribution in [2.45, 2.75) is 26.1 Å². The van der Waals surface area contributed by atoms with Gasteiger partial charge in [0.2, 0.25) is 5.28 Å². The molecule has 0 bridgehead atoms. The second-order valence-corrected chi connectivity index (χ2v) is 6.79. The molecule has 0 aliphatic rings. The topological polar surface area (TPSA) is 96.5 Å². The number of alkyl halides is 3.